The topological polar surface area (TPSA) is 28.2 Å². The van der Waals surface area contributed by atoms with Gasteiger partial charge < -0.3 is 10.2 Å². The number of nitrogens with one attached hydrogen (secondary N) is 1. The lowest BCUT2D eigenvalue weighted by molar-refractivity contribution is 0.186. The molecule has 1 aromatic heterocycles. The van der Waals surface area contributed by atoms with Crippen LogP contribution in [0, 0.1) is 5.92 Å². The van der Waals surface area contributed by atoms with Gasteiger partial charge in [0.05, 0.1) is 5.01 Å². The molecule has 1 atom stereocenters. The van der Waals surface area contributed by atoms with Crippen molar-refractivity contribution in [3.05, 3.63) is 16.1 Å². The first-order chi connectivity index (χ1) is 9.78. The second-order valence-electron chi connectivity index (χ2n) is 6.05. The first-order valence-electron chi connectivity index (χ1n) is 8.14. The predicted molar refractivity (Wildman–Crippen MR) is 87.3 cm³/mol. The molecular weight excluding hydrogens is 266 g/mol. The van der Waals surface area contributed by atoms with Gasteiger partial charge in [0.25, 0.3) is 0 Å². The lowest BCUT2D eigenvalue weighted by Crippen LogP contribution is -2.35. The number of aromatic nitrogens is 1. The molecule has 1 aliphatic rings. The van der Waals surface area contributed by atoms with Crippen molar-refractivity contribution in [2.24, 2.45) is 5.92 Å². The summed E-state index contributed by atoms with van der Waals surface area (Å²) in [5.41, 5.74) is 0. The van der Waals surface area contributed by atoms with Gasteiger partial charge in [0, 0.05) is 37.1 Å². The molecule has 0 amide bonds. The summed E-state index contributed by atoms with van der Waals surface area (Å²) in [5, 5.41) is 4.79. The Morgan fingerprint density at radius 2 is 2.40 bits per heavy atom. The molecule has 3 nitrogen and oxygen atoms in total. The highest BCUT2D eigenvalue weighted by Gasteiger charge is 2.16. The Kier molecular flexibility index (Phi) is 6.97. The molecule has 0 saturated carbocycles. The Morgan fingerprint density at radius 3 is 3.20 bits per heavy atom. The number of nitrogens with zero attached hydrogens (tertiary/aromatic N) is 2. The molecule has 1 fully saturated rings. The van der Waals surface area contributed by atoms with Crippen LogP contribution in [-0.2, 0) is 13.0 Å². The van der Waals surface area contributed by atoms with E-state index in [0.29, 0.717) is 0 Å². The van der Waals surface area contributed by atoms with Gasteiger partial charge in [0.2, 0.25) is 0 Å². The molecule has 1 aromatic rings. The normalized spacial score (nSPS) is 20.4. The van der Waals surface area contributed by atoms with E-state index in [9.17, 15) is 0 Å². The quantitative estimate of drug-likeness (QED) is 0.746. The standard InChI is InChI=1S/C16H29N3S/c1-3-4-8-17-11-15-12-18-16(20-15)7-10-19-9-5-6-14(2)13-19/h12,14,17H,3-11,13H2,1-2H3. The Hall–Kier alpha value is -0.450. The van der Waals surface area contributed by atoms with E-state index in [0.717, 1.165) is 25.4 Å². The van der Waals surface area contributed by atoms with Gasteiger partial charge in [0.15, 0.2) is 0 Å². The second kappa shape index (κ2) is 8.75. The molecule has 0 radical (unpaired) electrons. The molecule has 2 rings (SSSR count). The maximum Gasteiger partial charge on any atom is 0.0940 e. The van der Waals surface area contributed by atoms with E-state index in [4.69, 9.17) is 0 Å². The lowest BCUT2D eigenvalue weighted by atomic mass is 10.0. The van der Waals surface area contributed by atoms with Gasteiger partial charge in [-0.3, -0.25) is 0 Å². The SMILES string of the molecule is CCCCNCc1cnc(CCN2CCCC(C)C2)s1. The number of piperidine rings is 1. The number of hydrogen-bond acceptors (Lipinski definition) is 4. The summed E-state index contributed by atoms with van der Waals surface area (Å²) in [6, 6.07) is 0. The fourth-order valence-electron chi connectivity index (χ4n) is 2.80. The molecule has 1 unspecified atom stereocenters. The number of hydrogen-bond donors (Lipinski definition) is 1. The van der Waals surface area contributed by atoms with Gasteiger partial charge in [0.1, 0.15) is 0 Å². The molecule has 20 heavy (non-hydrogen) atoms. The van der Waals surface area contributed by atoms with E-state index in [-0.39, 0.29) is 0 Å². The smallest absolute Gasteiger partial charge is 0.0940 e. The molecule has 0 bridgehead atoms. The summed E-state index contributed by atoms with van der Waals surface area (Å²) in [5.74, 6) is 0.873. The van der Waals surface area contributed by atoms with Gasteiger partial charge in [-0.25, -0.2) is 4.98 Å². The summed E-state index contributed by atoms with van der Waals surface area (Å²) in [4.78, 5) is 8.55. The van der Waals surface area contributed by atoms with Crippen molar-refractivity contribution in [2.75, 3.05) is 26.2 Å². The predicted octanol–water partition coefficient (Wildman–Crippen LogP) is 3.31. The Balaban J connectivity index is 1.67. The third-order valence-electron chi connectivity index (χ3n) is 3.99. The zero-order chi connectivity index (χ0) is 14.2. The van der Waals surface area contributed by atoms with Crippen LogP contribution in [0.5, 0.6) is 0 Å². The van der Waals surface area contributed by atoms with Crippen LogP contribution < -0.4 is 5.32 Å². The fraction of sp³-hybridized carbons (Fsp3) is 0.812. The third-order valence-corrected chi connectivity index (χ3v) is 5.05. The van der Waals surface area contributed by atoms with E-state index >= 15 is 0 Å². The van der Waals surface area contributed by atoms with E-state index in [2.05, 4.69) is 35.2 Å². The maximum absolute atomic E-state index is 4.57. The first-order valence-corrected chi connectivity index (χ1v) is 8.96. The van der Waals surface area contributed by atoms with E-state index < -0.39 is 0 Å². The summed E-state index contributed by atoms with van der Waals surface area (Å²) >= 11 is 1.88. The number of unbranched alkanes of at least 4 members (excludes halogenated alkanes) is 1. The van der Waals surface area contributed by atoms with Gasteiger partial charge >= 0.3 is 0 Å². The van der Waals surface area contributed by atoms with Gasteiger partial charge in [-0.2, -0.15) is 0 Å². The lowest BCUT2D eigenvalue weighted by Gasteiger charge is -2.30. The summed E-state index contributed by atoms with van der Waals surface area (Å²) < 4.78 is 0. The number of thiazole rings is 1. The van der Waals surface area contributed by atoms with Gasteiger partial charge in [-0.1, -0.05) is 20.3 Å². The molecule has 2 heterocycles. The average molecular weight is 295 g/mol. The van der Waals surface area contributed by atoms with Crippen molar-refractivity contribution >= 4 is 11.3 Å². The Bertz CT molecular complexity index is 378. The van der Waals surface area contributed by atoms with Crippen LogP contribution in [0.1, 0.15) is 49.4 Å². The monoisotopic (exact) mass is 295 g/mol. The Labute approximate surface area is 127 Å². The van der Waals surface area contributed by atoms with E-state index in [1.165, 1.54) is 55.2 Å². The van der Waals surface area contributed by atoms with Crippen LogP contribution in [0.3, 0.4) is 0 Å². The minimum absolute atomic E-state index is 0.873. The highest BCUT2D eigenvalue weighted by molar-refractivity contribution is 7.11. The van der Waals surface area contributed by atoms with Crippen LogP contribution in [0.15, 0.2) is 6.20 Å². The molecule has 0 aromatic carbocycles. The first kappa shape index (κ1) is 15.9. The van der Waals surface area contributed by atoms with Crippen LogP contribution in [0.2, 0.25) is 0 Å². The molecule has 4 heteroatoms. The zero-order valence-electron chi connectivity index (χ0n) is 13.0. The van der Waals surface area contributed by atoms with Gasteiger partial charge in [-0.15, -0.1) is 11.3 Å². The van der Waals surface area contributed by atoms with Crippen molar-refractivity contribution in [3.8, 4) is 0 Å². The average Bonchev–Trinajstić information content (AvgIpc) is 2.89. The minimum atomic E-state index is 0.873. The molecule has 0 aliphatic carbocycles. The second-order valence-corrected chi connectivity index (χ2v) is 7.25. The van der Waals surface area contributed by atoms with Crippen LogP contribution >= 0.6 is 11.3 Å². The minimum Gasteiger partial charge on any atom is -0.312 e. The van der Waals surface area contributed by atoms with Crippen molar-refractivity contribution < 1.29 is 0 Å². The van der Waals surface area contributed by atoms with Crippen molar-refractivity contribution in [1.29, 1.82) is 0 Å². The summed E-state index contributed by atoms with van der Waals surface area (Å²) in [6.07, 6.45) is 8.46. The molecule has 1 aliphatic heterocycles. The molecule has 114 valence electrons. The highest BCUT2D eigenvalue weighted by Crippen LogP contribution is 2.17. The largest absolute Gasteiger partial charge is 0.312 e. The van der Waals surface area contributed by atoms with E-state index in [1.807, 2.05) is 11.3 Å². The number of rotatable bonds is 8. The molecular formula is C16H29N3S. The summed E-state index contributed by atoms with van der Waals surface area (Å²) in [6.45, 7) is 10.4. The fourth-order valence-corrected chi connectivity index (χ4v) is 3.68. The van der Waals surface area contributed by atoms with E-state index in [1.54, 1.807) is 0 Å². The molecule has 0 spiro atoms. The molecule has 1 saturated heterocycles. The Morgan fingerprint density at radius 1 is 1.50 bits per heavy atom. The van der Waals surface area contributed by atoms with Gasteiger partial charge in [-0.05, 0) is 38.3 Å². The van der Waals surface area contributed by atoms with Crippen molar-refractivity contribution in [3.63, 3.8) is 0 Å². The zero-order valence-corrected chi connectivity index (χ0v) is 13.8. The van der Waals surface area contributed by atoms with Crippen LogP contribution in [0.4, 0.5) is 0 Å². The summed E-state index contributed by atoms with van der Waals surface area (Å²) in [7, 11) is 0. The maximum atomic E-state index is 4.57. The number of likely N-dealkylation sites (tertiary alicyclic amines) is 1. The van der Waals surface area contributed by atoms with Crippen LogP contribution in [0.25, 0.3) is 0 Å². The molecule has 1 N–H and O–H groups in total. The van der Waals surface area contributed by atoms with Crippen LogP contribution in [-0.4, -0.2) is 36.1 Å². The highest BCUT2D eigenvalue weighted by atomic mass is 32.1. The van der Waals surface area contributed by atoms with Crippen molar-refractivity contribution in [2.45, 2.75) is 52.5 Å². The van der Waals surface area contributed by atoms with Crippen molar-refractivity contribution in [1.82, 2.24) is 15.2 Å². The third kappa shape index (κ3) is 5.51.